The molecule has 102 valence electrons. The molecule has 8 heteroatoms. The van der Waals surface area contributed by atoms with E-state index in [1.807, 2.05) is 11.9 Å². The van der Waals surface area contributed by atoms with E-state index in [2.05, 4.69) is 45.8 Å². The average molecular weight is 282 g/mol. The largest absolute Gasteiger partial charge is 0.343 e. The topological polar surface area (TPSA) is 72.6 Å². The molecule has 0 radical (unpaired) electrons. The van der Waals surface area contributed by atoms with Gasteiger partial charge in [-0.15, -0.1) is 0 Å². The van der Waals surface area contributed by atoms with Crippen LogP contribution in [0.1, 0.15) is 20.8 Å². The van der Waals surface area contributed by atoms with Gasteiger partial charge in [-0.05, 0) is 17.0 Å². The lowest BCUT2D eigenvalue weighted by molar-refractivity contribution is 0.416. The van der Waals surface area contributed by atoms with Gasteiger partial charge in [0.05, 0.1) is 0 Å². The standard InChI is InChI=1S/C11H16ClN7/c1-11(2,3)5-18(4)9-15-8(12)16-10(17-9)19-7-13-6-14-19/h6-7H,5H2,1-4H3. The number of hydrogen-bond donors (Lipinski definition) is 0. The van der Waals surface area contributed by atoms with Gasteiger partial charge in [-0.1, -0.05) is 20.8 Å². The van der Waals surface area contributed by atoms with Crippen molar-refractivity contribution in [3.8, 4) is 5.95 Å². The second-order valence-electron chi connectivity index (χ2n) is 5.46. The molecule has 0 saturated carbocycles. The van der Waals surface area contributed by atoms with Gasteiger partial charge in [-0.25, -0.2) is 4.98 Å². The molecule has 0 spiro atoms. The first-order valence-corrected chi connectivity index (χ1v) is 6.21. The predicted octanol–water partition coefficient (Wildman–Crippen LogP) is 1.59. The van der Waals surface area contributed by atoms with Gasteiger partial charge in [-0.3, -0.25) is 0 Å². The highest BCUT2D eigenvalue weighted by Gasteiger charge is 2.17. The van der Waals surface area contributed by atoms with Gasteiger partial charge < -0.3 is 4.90 Å². The first-order valence-electron chi connectivity index (χ1n) is 5.83. The zero-order chi connectivity index (χ0) is 14.0. The van der Waals surface area contributed by atoms with Crippen LogP contribution in [0.2, 0.25) is 5.28 Å². The van der Waals surface area contributed by atoms with Crippen LogP contribution in [-0.2, 0) is 0 Å². The fraction of sp³-hybridized carbons (Fsp3) is 0.545. The Morgan fingerprint density at radius 2 is 2.00 bits per heavy atom. The van der Waals surface area contributed by atoms with Gasteiger partial charge in [0, 0.05) is 13.6 Å². The van der Waals surface area contributed by atoms with Crippen molar-refractivity contribution < 1.29 is 0 Å². The molecule has 2 heterocycles. The Hall–Kier alpha value is -1.76. The van der Waals surface area contributed by atoms with Crippen LogP contribution in [0.15, 0.2) is 12.7 Å². The summed E-state index contributed by atoms with van der Waals surface area (Å²) in [7, 11) is 1.92. The minimum absolute atomic E-state index is 0.126. The van der Waals surface area contributed by atoms with Crippen LogP contribution >= 0.6 is 11.6 Å². The van der Waals surface area contributed by atoms with Gasteiger partial charge in [0.1, 0.15) is 12.7 Å². The fourth-order valence-corrected chi connectivity index (χ4v) is 1.85. The lowest BCUT2D eigenvalue weighted by atomic mass is 9.96. The number of nitrogens with zero attached hydrogens (tertiary/aromatic N) is 7. The van der Waals surface area contributed by atoms with E-state index in [0.29, 0.717) is 11.9 Å². The minimum atomic E-state index is 0.126. The van der Waals surface area contributed by atoms with Crippen LogP contribution in [0.5, 0.6) is 0 Å². The number of anilines is 1. The predicted molar refractivity (Wildman–Crippen MR) is 72.5 cm³/mol. The highest BCUT2D eigenvalue weighted by Crippen LogP contribution is 2.18. The summed E-state index contributed by atoms with van der Waals surface area (Å²) >= 11 is 5.93. The summed E-state index contributed by atoms with van der Waals surface area (Å²) in [6.07, 6.45) is 2.93. The summed E-state index contributed by atoms with van der Waals surface area (Å²) < 4.78 is 1.45. The van der Waals surface area contributed by atoms with E-state index in [-0.39, 0.29) is 10.7 Å². The summed E-state index contributed by atoms with van der Waals surface area (Å²) in [6.45, 7) is 7.23. The smallest absolute Gasteiger partial charge is 0.258 e. The molecular weight excluding hydrogens is 266 g/mol. The van der Waals surface area contributed by atoms with Crippen LogP contribution < -0.4 is 4.90 Å². The Morgan fingerprint density at radius 3 is 2.58 bits per heavy atom. The van der Waals surface area contributed by atoms with Crippen LogP contribution in [0.25, 0.3) is 5.95 Å². The lowest BCUT2D eigenvalue weighted by Crippen LogP contribution is -2.30. The monoisotopic (exact) mass is 281 g/mol. The Morgan fingerprint density at radius 1 is 1.26 bits per heavy atom. The second kappa shape index (κ2) is 5.08. The maximum Gasteiger partial charge on any atom is 0.258 e. The lowest BCUT2D eigenvalue weighted by Gasteiger charge is -2.26. The number of aromatic nitrogens is 6. The molecule has 2 aromatic heterocycles. The van der Waals surface area contributed by atoms with Crippen LogP contribution in [0.3, 0.4) is 0 Å². The average Bonchev–Trinajstić information content (AvgIpc) is 2.79. The highest BCUT2D eigenvalue weighted by molar-refractivity contribution is 6.28. The summed E-state index contributed by atoms with van der Waals surface area (Å²) in [4.78, 5) is 18.3. The SMILES string of the molecule is CN(CC(C)(C)C)c1nc(Cl)nc(-n2cncn2)n1. The number of hydrogen-bond acceptors (Lipinski definition) is 6. The molecule has 2 rings (SSSR count). The zero-order valence-electron chi connectivity index (χ0n) is 11.4. The number of halogens is 1. The van der Waals surface area contributed by atoms with E-state index >= 15 is 0 Å². The fourth-order valence-electron chi connectivity index (χ4n) is 1.70. The zero-order valence-corrected chi connectivity index (χ0v) is 12.1. The third kappa shape index (κ3) is 3.60. The molecule has 0 aliphatic heterocycles. The van der Waals surface area contributed by atoms with Crippen molar-refractivity contribution in [1.29, 1.82) is 0 Å². The minimum Gasteiger partial charge on any atom is -0.343 e. The number of rotatable bonds is 3. The molecule has 7 nitrogen and oxygen atoms in total. The normalized spacial score (nSPS) is 11.6. The molecule has 0 aliphatic carbocycles. The van der Waals surface area contributed by atoms with Gasteiger partial charge in [0.15, 0.2) is 0 Å². The van der Waals surface area contributed by atoms with Crippen molar-refractivity contribution >= 4 is 17.5 Å². The van der Waals surface area contributed by atoms with Crippen LogP contribution in [0.4, 0.5) is 5.95 Å². The Labute approximate surface area is 116 Å². The third-order valence-corrected chi connectivity index (χ3v) is 2.43. The Bertz CT molecular complexity index is 547. The van der Waals surface area contributed by atoms with E-state index in [0.717, 1.165) is 6.54 Å². The molecule has 2 aromatic rings. The maximum absolute atomic E-state index is 5.93. The molecule has 0 aliphatic rings. The molecule has 0 aromatic carbocycles. The molecule has 0 unspecified atom stereocenters. The molecule has 0 amide bonds. The molecule has 0 N–H and O–H groups in total. The van der Waals surface area contributed by atoms with Gasteiger partial charge >= 0.3 is 0 Å². The van der Waals surface area contributed by atoms with Gasteiger partial charge in [0.2, 0.25) is 11.2 Å². The van der Waals surface area contributed by atoms with E-state index in [1.165, 1.54) is 17.3 Å². The summed E-state index contributed by atoms with van der Waals surface area (Å²) in [5.41, 5.74) is 0.126. The molecule has 0 fully saturated rings. The summed E-state index contributed by atoms with van der Waals surface area (Å²) in [5.74, 6) is 0.869. The van der Waals surface area contributed by atoms with Crippen LogP contribution in [-0.4, -0.2) is 43.3 Å². The third-order valence-electron chi connectivity index (χ3n) is 2.26. The first-order chi connectivity index (χ1) is 8.85. The van der Waals surface area contributed by atoms with Crippen molar-refractivity contribution in [1.82, 2.24) is 29.7 Å². The van der Waals surface area contributed by atoms with E-state index in [4.69, 9.17) is 11.6 Å². The van der Waals surface area contributed by atoms with Crippen molar-refractivity contribution in [2.24, 2.45) is 5.41 Å². The van der Waals surface area contributed by atoms with Gasteiger partial charge in [-0.2, -0.15) is 24.7 Å². The van der Waals surface area contributed by atoms with Crippen molar-refractivity contribution in [3.63, 3.8) is 0 Å². The van der Waals surface area contributed by atoms with Crippen molar-refractivity contribution in [2.45, 2.75) is 20.8 Å². The van der Waals surface area contributed by atoms with Crippen LogP contribution in [0, 0.1) is 5.41 Å². The quantitative estimate of drug-likeness (QED) is 0.851. The molecule has 0 bridgehead atoms. The molecule has 0 atom stereocenters. The van der Waals surface area contributed by atoms with Crippen molar-refractivity contribution in [2.75, 3.05) is 18.5 Å². The Kier molecular flexibility index (Phi) is 3.66. The molecule has 0 saturated heterocycles. The first kappa shape index (κ1) is 13.7. The van der Waals surface area contributed by atoms with Gasteiger partial charge in [0.25, 0.3) is 5.95 Å². The summed E-state index contributed by atoms with van der Waals surface area (Å²) in [6, 6.07) is 0. The van der Waals surface area contributed by atoms with E-state index < -0.39 is 0 Å². The van der Waals surface area contributed by atoms with E-state index in [9.17, 15) is 0 Å². The Balaban J connectivity index is 2.32. The maximum atomic E-state index is 5.93. The summed E-state index contributed by atoms with van der Waals surface area (Å²) in [5, 5.41) is 4.11. The van der Waals surface area contributed by atoms with Crippen molar-refractivity contribution in [3.05, 3.63) is 17.9 Å². The van der Waals surface area contributed by atoms with E-state index in [1.54, 1.807) is 0 Å². The second-order valence-corrected chi connectivity index (χ2v) is 5.80. The molecule has 19 heavy (non-hydrogen) atoms. The molecular formula is C11H16ClN7. The highest BCUT2D eigenvalue weighted by atomic mass is 35.5.